The van der Waals surface area contributed by atoms with Crippen LogP contribution in [0.3, 0.4) is 0 Å². The maximum atomic E-state index is 12.2. The van der Waals surface area contributed by atoms with E-state index in [1.54, 1.807) is 5.51 Å². The quantitative estimate of drug-likeness (QED) is 0.734. The first-order valence-electron chi connectivity index (χ1n) is 5.41. The number of nitrogens with zero attached hydrogens (tertiary/aromatic N) is 2. The van der Waals surface area contributed by atoms with Crippen molar-refractivity contribution in [3.8, 4) is 0 Å². The van der Waals surface area contributed by atoms with Crippen LogP contribution in [0.4, 0.5) is 0 Å². The summed E-state index contributed by atoms with van der Waals surface area (Å²) in [5.41, 5.74) is 2.31. The molecule has 3 nitrogen and oxygen atoms in total. The fraction of sp³-hybridized carbons (Fsp3) is 0.636. The Morgan fingerprint density at radius 1 is 1.47 bits per heavy atom. The zero-order chi connectivity index (χ0) is 10.8. The molecule has 4 heteroatoms. The van der Waals surface area contributed by atoms with Gasteiger partial charge in [-0.2, -0.15) is 0 Å². The van der Waals surface area contributed by atoms with E-state index in [0.717, 1.165) is 12.8 Å². The highest BCUT2D eigenvalue weighted by Crippen LogP contribution is 2.24. The Bertz CT molecular complexity index is 326. The summed E-state index contributed by atoms with van der Waals surface area (Å²) in [6, 6.07) is 0.700. The van der Waals surface area contributed by atoms with Crippen molar-refractivity contribution >= 4 is 17.2 Å². The number of amides is 1. The van der Waals surface area contributed by atoms with E-state index in [0.29, 0.717) is 17.8 Å². The van der Waals surface area contributed by atoms with Crippen LogP contribution >= 0.6 is 11.3 Å². The molecule has 1 aromatic heterocycles. The molecule has 2 rings (SSSR count). The molecule has 0 bridgehead atoms. The molecule has 2 heterocycles. The second kappa shape index (κ2) is 4.31. The first-order valence-corrected chi connectivity index (χ1v) is 6.35. The van der Waals surface area contributed by atoms with Gasteiger partial charge in [-0.1, -0.05) is 0 Å². The molecule has 0 N–H and O–H groups in total. The molecule has 0 aromatic carbocycles. The number of hydrogen-bond acceptors (Lipinski definition) is 3. The van der Waals surface area contributed by atoms with Gasteiger partial charge in [0, 0.05) is 17.5 Å². The Hall–Kier alpha value is -0.900. The molecule has 1 saturated heterocycles. The van der Waals surface area contributed by atoms with Gasteiger partial charge in [0.05, 0.1) is 5.51 Å². The summed E-state index contributed by atoms with van der Waals surface area (Å²) in [6.07, 6.45) is 3.45. The molecule has 1 fully saturated rings. The minimum atomic E-state index is 0.0935. The number of aromatic nitrogens is 1. The smallest absolute Gasteiger partial charge is 0.273 e. The molecule has 0 spiro atoms. The Labute approximate surface area is 94.1 Å². The van der Waals surface area contributed by atoms with E-state index in [9.17, 15) is 4.79 Å². The van der Waals surface area contributed by atoms with Gasteiger partial charge in [-0.05, 0) is 33.1 Å². The highest BCUT2D eigenvalue weighted by atomic mass is 32.1. The fourth-order valence-electron chi connectivity index (χ4n) is 2.27. The van der Waals surface area contributed by atoms with Crippen molar-refractivity contribution in [1.82, 2.24) is 9.88 Å². The number of piperidine rings is 1. The van der Waals surface area contributed by atoms with Crippen LogP contribution in [0, 0.1) is 0 Å². The topological polar surface area (TPSA) is 33.2 Å². The van der Waals surface area contributed by atoms with Crippen LogP contribution in [-0.4, -0.2) is 27.9 Å². The monoisotopic (exact) mass is 224 g/mol. The van der Waals surface area contributed by atoms with E-state index in [1.807, 2.05) is 10.3 Å². The first-order chi connectivity index (χ1) is 7.20. The molecule has 1 aliphatic rings. The van der Waals surface area contributed by atoms with Gasteiger partial charge in [-0.3, -0.25) is 4.79 Å². The fourth-order valence-corrected chi connectivity index (χ4v) is 2.80. The number of rotatable bonds is 1. The number of likely N-dealkylation sites (tertiary alicyclic amines) is 1. The first kappa shape index (κ1) is 10.6. The van der Waals surface area contributed by atoms with Crippen molar-refractivity contribution in [2.45, 2.75) is 45.2 Å². The molecule has 0 unspecified atom stereocenters. The molecule has 1 aromatic rings. The normalized spacial score (nSPS) is 26.7. The molecule has 15 heavy (non-hydrogen) atoms. The molecule has 82 valence electrons. The van der Waals surface area contributed by atoms with Crippen molar-refractivity contribution in [3.63, 3.8) is 0 Å². The minimum absolute atomic E-state index is 0.0935. The Kier molecular flexibility index (Phi) is 3.05. The van der Waals surface area contributed by atoms with Crippen LogP contribution in [0.1, 0.15) is 43.6 Å². The van der Waals surface area contributed by atoms with Crippen LogP contribution in [0.25, 0.3) is 0 Å². The molecule has 1 aliphatic heterocycles. The van der Waals surface area contributed by atoms with Crippen LogP contribution in [0.2, 0.25) is 0 Å². The molecule has 1 amide bonds. The van der Waals surface area contributed by atoms with Crippen molar-refractivity contribution in [1.29, 1.82) is 0 Å². The highest BCUT2D eigenvalue weighted by molar-refractivity contribution is 7.07. The summed E-state index contributed by atoms with van der Waals surface area (Å²) in [5.74, 6) is 0.0935. The lowest BCUT2D eigenvalue weighted by atomic mass is 9.97. The summed E-state index contributed by atoms with van der Waals surface area (Å²) in [4.78, 5) is 18.2. The predicted octanol–water partition coefficient (Wildman–Crippen LogP) is 2.55. The summed E-state index contributed by atoms with van der Waals surface area (Å²) < 4.78 is 0. The maximum Gasteiger partial charge on any atom is 0.273 e. The SMILES string of the molecule is C[C@@H]1CCC[C@H](C)N1C(=O)c1cscn1. The summed E-state index contributed by atoms with van der Waals surface area (Å²) in [5, 5.41) is 1.83. The molecular weight excluding hydrogens is 208 g/mol. The number of thiazole rings is 1. The standard InChI is InChI=1S/C11H16N2OS/c1-8-4-3-5-9(2)13(8)11(14)10-6-15-7-12-10/h6-9H,3-5H2,1-2H3/t8-,9+. The van der Waals surface area contributed by atoms with E-state index in [-0.39, 0.29) is 5.91 Å². The lowest BCUT2D eigenvalue weighted by molar-refractivity contribution is 0.0505. The lowest BCUT2D eigenvalue weighted by Gasteiger charge is -2.38. The predicted molar refractivity (Wildman–Crippen MR) is 61.1 cm³/mol. The zero-order valence-electron chi connectivity index (χ0n) is 9.14. The zero-order valence-corrected chi connectivity index (χ0v) is 9.96. The summed E-state index contributed by atoms with van der Waals surface area (Å²) in [6.45, 7) is 4.25. The minimum Gasteiger partial charge on any atom is -0.332 e. The Balaban J connectivity index is 2.17. The number of carbonyl (C=O) groups excluding carboxylic acids is 1. The number of hydrogen-bond donors (Lipinski definition) is 0. The highest BCUT2D eigenvalue weighted by Gasteiger charge is 2.30. The van der Waals surface area contributed by atoms with Gasteiger partial charge in [0.15, 0.2) is 0 Å². The van der Waals surface area contributed by atoms with Crippen LogP contribution in [-0.2, 0) is 0 Å². The summed E-state index contributed by atoms with van der Waals surface area (Å²) in [7, 11) is 0. The largest absolute Gasteiger partial charge is 0.332 e. The van der Waals surface area contributed by atoms with Crippen LogP contribution in [0.5, 0.6) is 0 Å². The van der Waals surface area contributed by atoms with Crippen molar-refractivity contribution in [2.75, 3.05) is 0 Å². The molecule has 0 saturated carbocycles. The van der Waals surface area contributed by atoms with Gasteiger partial charge in [0.25, 0.3) is 5.91 Å². The average molecular weight is 224 g/mol. The lowest BCUT2D eigenvalue weighted by Crippen LogP contribution is -2.47. The van der Waals surface area contributed by atoms with Gasteiger partial charge in [0.2, 0.25) is 0 Å². The van der Waals surface area contributed by atoms with Gasteiger partial charge < -0.3 is 4.90 Å². The number of carbonyl (C=O) groups is 1. The third-order valence-corrected chi connectivity index (χ3v) is 3.67. The Morgan fingerprint density at radius 2 is 2.13 bits per heavy atom. The maximum absolute atomic E-state index is 12.2. The van der Waals surface area contributed by atoms with Gasteiger partial charge in [-0.15, -0.1) is 11.3 Å². The van der Waals surface area contributed by atoms with Crippen LogP contribution in [0.15, 0.2) is 10.9 Å². The van der Waals surface area contributed by atoms with Gasteiger partial charge in [0.1, 0.15) is 5.69 Å². The van der Waals surface area contributed by atoms with E-state index in [1.165, 1.54) is 17.8 Å². The second-order valence-corrected chi connectivity index (χ2v) is 4.93. The molecule has 0 radical (unpaired) electrons. The van der Waals surface area contributed by atoms with Gasteiger partial charge >= 0.3 is 0 Å². The van der Waals surface area contributed by atoms with E-state index < -0.39 is 0 Å². The van der Waals surface area contributed by atoms with E-state index in [4.69, 9.17) is 0 Å². The van der Waals surface area contributed by atoms with Crippen LogP contribution < -0.4 is 0 Å². The molecule has 2 atom stereocenters. The third kappa shape index (κ3) is 2.04. The third-order valence-electron chi connectivity index (χ3n) is 3.08. The van der Waals surface area contributed by atoms with Gasteiger partial charge in [-0.25, -0.2) is 4.98 Å². The Morgan fingerprint density at radius 3 is 2.67 bits per heavy atom. The van der Waals surface area contributed by atoms with Crippen molar-refractivity contribution in [2.24, 2.45) is 0 Å². The second-order valence-electron chi connectivity index (χ2n) is 4.22. The van der Waals surface area contributed by atoms with E-state index in [2.05, 4.69) is 18.8 Å². The summed E-state index contributed by atoms with van der Waals surface area (Å²) >= 11 is 1.48. The van der Waals surface area contributed by atoms with E-state index >= 15 is 0 Å². The molecular formula is C11H16N2OS. The van der Waals surface area contributed by atoms with Crippen molar-refractivity contribution < 1.29 is 4.79 Å². The van der Waals surface area contributed by atoms with Crippen molar-refractivity contribution in [3.05, 3.63) is 16.6 Å². The molecule has 0 aliphatic carbocycles. The average Bonchev–Trinajstić information content (AvgIpc) is 2.69.